The molecule has 0 saturated heterocycles. The molecule has 0 spiro atoms. The topological polar surface area (TPSA) is 90.7 Å². The van der Waals surface area contributed by atoms with E-state index in [1.165, 1.54) is 25.1 Å². The van der Waals surface area contributed by atoms with Crippen LogP contribution in [0.15, 0.2) is 42.5 Å². The summed E-state index contributed by atoms with van der Waals surface area (Å²) in [5, 5.41) is 3.26. The third kappa shape index (κ3) is 3.91. The molecule has 2 atom stereocenters. The number of halogens is 1. The van der Waals surface area contributed by atoms with Crippen molar-refractivity contribution in [3.8, 4) is 5.75 Å². The number of amides is 1. The molecule has 0 aliphatic carbocycles. The minimum Gasteiger partial charge on any atom is -0.493 e. The highest BCUT2D eigenvalue weighted by Gasteiger charge is 2.26. The maximum atomic E-state index is 12.4. The molecule has 1 amide bonds. The lowest BCUT2D eigenvalue weighted by molar-refractivity contribution is -0.130. The molecule has 3 rings (SSSR count). The maximum absolute atomic E-state index is 12.4. The van der Waals surface area contributed by atoms with Crippen molar-refractivity contribution >= 4 is 29.2 Å². The molecule has 0 fully saturated rings. The summed E-state index contributed by atoms with van der Waals surface area (Å²) in [7, 11) is 0. The number of fused-ring (bicyclic) bond motifs is 1. The van der Waals surface area contributed by atoms with E-state index in [0.29, 0.717) is 18.1 Å². The number of esters is 1. The molecule has 0 saturated carbocycles. The lowest BCUT2D eigenvalue weighted by Gasteiger charge is -2.27. The van der Waals surface area contributed by atoms with E-state index in [1.54, 1.807) is 0 Å². The van der Waals surface area contributed by atoms with Crippen molar-refractivity contribution in [2.24, 2.45) is 0 Å². The Kier molecular flexibility index (Phi) is 5.32. The van der Waals surface area contributed by atoms with Crippen LogP contribution >= 0.6 is 11.6 Å². The minimum atomic E-state index is -0.950. The summed E-state index contributed by atoms with van der Waals surface area (Å²) in [4.78, 5) is 24.6. The Labute approximate surface area is 156 Å². The van der Waals surface area contributed by atoms with E-state index < -0.39 is 12.1 Å². The van der Waals surface area contributed by atoms with Gasteiger partial charge < -0.3 is 20.5 Å². The number of anilines is 1. The lowest BCUT2D eigenvalue weighted by Crippen LogP contribution is -2.39. The van der Waals surface area contributed by atoms with Gasteiger partial charge in [-0.05, 0) is 31.2 Å². The maximum Gasteiger partial charge on any atom is 0.338 e. The number of carbonyl (C=O) groups excluding carboxylic acids is 2. The molecule has 2 aromatic carbocycles. The zero-order valence-electron chi connectivity index (χ0n) is 14.2. The molecule has 1 heterocycles. The van der Waals surface area contributed by atoms with Gasteiger partial charge in [-0.2, -0.15) is 0 Å². The summed E-state index contributed by atoms with van der Waals surface area (Å²) in [5.41, 5.74) is 7.11. The Morgan fingerprint density at radius 3 is 2.85 bits per heavy atom. The van der Waals surface area contributed by atoms with E-state index in [1.807, 2.05) is 24.3 Å². The number of para-hydroxylation sites is 1. The zero-order valence-corrected chi connectivity index (χ0v) is 15.0. The summed E-state index contributed by atoms with van der Waals surface area (Å²) in [6.07, 6.45) is -0.300. The fourth-order valence-electron chi connectivity index (χ4n) is 2.73. The standard InChI is InChI=1S/C19H19ClN2O4/c1-11(26-19(24)12-6-7-14(20)15(21)10-12)18(23)22-16-8-9-25-17-5-3-2-4-13(16)17/h2-7,10-11,16H,8-9,21H2,1H3,(H,22,23). The molecule has 2 unspecified atom stereocenters. The van der Waals surface area contributed by atoms with Crippen molar-refractivity contribution in [2.75, 3.05) is 12.3 Å². The van der Waals surface area contributed by atoms with E-state index in [0.717, 1.165) is 11.3 Å². The average molecular weight is 375 g/mol. The van der Waals surface area contributed by atoms with Gasteiger partial charge in [0.05, 0.1) is 28.9 Å². The molecule has 26 heavy (non-hydrogen) atoms. The van der Waals surface area contributed by atoms with Gasteiger partial charge in [0, 0.05) is 12.0 Å². The van der Waals surface area contributed by atoms with Crippen LogP contribution in [0.1, 0.15) is 35.3 Å². The second-order valence-electron chi connectivity index (χ2n) is 6.02. The van der Waals surface area contributed by atoms with Crippen LogP contribution in [0.2, 0.25) is 5.02 Å². The molecule has 0 bridgehead atoms. The van der Waals surface area contributed by atoms with Gasteiger partial charge in [-0.25, -0.2) is 4.79 Å². The van der Waals surface area contributed by atoms with E-state index in [2.05, 4.69) is 5.32 Å². The number of benzene rings is 2. The third-order valence-electron chi connectivity index (χ3n) is 4.16. The Morgan fingerprint density at radius 1 is 1.31 bits per heavy atom. The Morgan fingerprint density at radius 2 is 2.08 bits per heavy atom. The summed E-state index contributed by atoms with van der Waals surface area (Å²) in [6, 6.07) is 11.8. The van der Waals surface area contributed by atoms with E-state index in [9.17, 15) is 9.59 Å². The molecular weight excluding hydrogens is 356 g/mol. The summed E-state index contributed by atoms with van der Waals surface area (Å²) in [5.74, 6) is -0.254. The second-order valence-corrected chi connectivity index (χ2v) is 6.43. The van der Waals surface area contributed by atoms with Crippen LogP contribution in [0.5, 0.6) is 5.75 Å². The molecule has 7 heteroatoms. The van der Waals surface area contributed by atoms with Crippen molar-refractivity contribution in [1.29, 1.82) is 0 Å². The normalized spacial score (nSPS) is 16.8. The Hall–Kier alpha value is -2.73. The molecule has 1 aliphatic heterocycles. The molecule has 3 N–H and O–H groups in total. The number of hydrogen-bond donors (Lipinski definition) is 2. The largest absolute Gasteiger partial charge is 0.493 e. The Bertz CT molecular complexity index is 840. The van der Waals surface area contributed by atoms with Crippen molar-refractivity contribution in [2.45, 2.75) is 25.5 Å². The van der Waals surface area contributed by atoms with E-state index in [4.69, 9.17) is 26.8 Å². The summed E-state index contributed by atoms with van der Waals surface area (Å²) < 4.78 is 10.8. The molecule has 6 nitrogen and oxygen atoms in total. The Balaban J connectivity index is 1.63. The first-order valence-electron chi connectivity index (χ1n) is 8.24. The third-order valence-corrected chi connectivity index (χ3v) is 4.50. The zero-order chi connectivity index (χ0) is 18.7. The van der Waals surface area contributed by atoms with Crippen molar-refractivity contribution < 1.29 is 19.1 Å². The lowest BCUT2D eigenvalue weighted by atomic mass is 10.0. The van der Waals surface area contributed by atoms with E-state index >= 15 is 0 Å². The molecule has 136 valence electrons. The summed E-state index contributed by atoms with van der Waals surface area (Å²) in [6.45, 7) is 2.04. The SMILES string of the molecule is CC(OC(=O)c1ccc(Cl)c(N)c1)C(=O)NC1CCOc2ccccc21. The number of rotatable bonds is 4. The smallest absolute Gasteiger partial charge is 0.338 e. The van der Waals surface area contributed by atoms with Crippen LogP contribution in [0, 0.1) is 0 Å². The first-order chi connectivity index (χ1) is 12.5. The van der Waals surface area contributed by atoms with Crippen LogP contribution < -0.4 is 15.8 Å². The molecule has 0 aromatic heterocycles. The van der Waals surface area contributed by atoms with Gasteiger partial charge in [-0.15, -0.1) is 0 Å². The number of carbonyl (C=O) groups is 2. The highest BCUT2D eigenvalue weighted by Crippen LogP contribution is 2.31. The first kappa shape index (κ1) is 18.1. The molecular formula is C19H19ClN2O4. The minimum absolute atomic E-state index is 0.181. The first-order valence-corrected chi connectivity index (χ1v) is 8.61. The fourth-order valence-corrected chi connectivity index (χ4v) is 2.85. The molecule has 2 aromatic rings. The van der Waals surface area contributed by atoms with Gasteiger partial charge in [-0.1, -0.05) is 29.8 Å². The van der Waals surface area contributed by atoms with Gasteiger partial charge in [-0.3, -0.25) is 4.79 Å². The number of nitrogens with one attached hydrogen (secondary N) is 1. The van der Waals surface area contributed by atoms with Gasteiger partial charge in [0.25, 0.3) is 5.91 Å². The van der Waals surface area contributed by atoms with Crippen molar-refractivity contribution in [3.63, 3.8) is 0 Å². The number of nitrogen functional groups attached to an aromatic ring is 1. The number of hydrogen-bond acceptors (Lipinski definition) is 5. The van der Waals surface area contributed by atoms with E-state index in [-0.39, 0.29) is 23.2 Å². The highest BCUT2D eigenvalue weighted by atomic mass is 35.5. The van der Waals surface area contributed by atoms with Crippen LogP contribution in [-0.4, -0.2) is 24.6 Å². The van der Waals surface area contributed by atoms with Gasteiger partial charge in [0.1, 0.15) is 5.75 Å². The van der Waals surface area contributed by atoms with Crippen LogP contribution in [0.4, 0.5) is 5.69 Å². The van der Waals surface area contributed by atoms with Gasteiger partial charge in [0.2, 0.25) is 0 Å². The second kappa shape index (κ2) is 7.66. The average Bonchev–Trinajstić information content (AvgIpc) is 2.64. The number of nitrogens with two attached hydrogens (primary N) is 1. The molecule has 1 aliphatic rings. The predicted octanol–water partition coefficient (Wildman–Crippen LogP) is 3.11. The highest BCUT2D eigenvalue weighted by molar-refractivity contribution is 6.33. The number of ether oxygens (including phenoxy) is 2. The predicted molar refractivity (Wildman–Crippen MR) is 98.2 cm³/mol. The quantitative estimate of drug-likeness (QED) is 0.633. The summed E-state index contributed by atoms with van der Waals surface area (Å²) >= 11 is 5.84. The monoisotopic (exact) mass is 374 g/mol. The molecule has 0 radical (unpaired) electrons. The van der Waals surface area contributed by atoms with Crippen LogP contribution in [0.25, 0.3) is 0 Å². The van der Waals surface area contributed by atoms with Crippen LogP contribution in [0.3, 0.4) is 0 Å². The van der Waals surface area contributed by atoms with Gasteiger partial charge in [0.15, 0.2) is 6.10 Å². The van der Waals surface area contributed by atoms with Crippen molar-refractivity contribution in [1.82, 2.24) is 5.32 Å². The fraction of sp³-hybridized carbons (Fsp3) is 0.263. The van der Waals surface area contributed by atoms with Crippen LogP contribution in [-0.2, 0) is 9.53 Å². The van der Waals surface area contributed by atoms with Crippen molar-refractivity contribution in [3.05, 3.63) is 58.6 Å². The van der Waals surface area contributed by atoms with Gasteiger partial charge >= 0.3 is 5.97 Å².